The minimum atomic E-state index is -4.80. The maximum atomic E-state index is 15.0. The van der Waals surface area contributed by atoms with E-state index in [9.17, 15) is 30.4 Å². The summed E-state index contributed by atoms with van der Waals surface area (Å²) in [7, 11) is -4.04. The van der Waals surface area contributed by atoms with Gasteiger partial charge in [0.15, 0.2) is 0 Å². The van der Waals surface area contributed by atoms with E-state index in [1.54, 1.807) is 31.2 Å². The molecule has 10 nitrogen and oxygen atoms in total. The highest BCUT2D eigenvalue weighted by Crippen LogP contribution is 2.40. The van der Waals surface area contributed by atoms with E-state index in [-0.39, 0.29) is 45.2 Å². The van der Waals surface area contributed by atoms with Crippen LogP contribution in [0.25, 0.3) is 22.0 Å². The Balaban J connectivity index is 1.48. The van der Waals surface area contributed by atoms with E-state index in [1.807, 2.05) is 4.72 Å². The van der Waals surface area contributed by atoms with Crippen molar-refractivity contribution in [2.75, 3.05) is 36.7 Å². The Hall–Kier alpha value is -4.15. The molecule has 234 valence electrons. The number of rotatable bonds is 9. The predicted octanol–water partition coefficient (Wildman–Crippen LogP) is 5.19. The predicted molar refractivity (Wildman–Crippen MR) is 155 cm³/mol. The first kappa shape index (κ1) is 31.3. The Morgan fingerprint density at radius 1 is 1.07 bits per heavy atom. The number of pyridine rings is 1. The summed E-state index contributed by atoms with van der Waals surface area (Å²) < 4.78 is 101. The lowest BCUT2D eigenvalue weighted by atomic mass is 10.0. The van der Waals surface area contributed by atoms with Gasteiger partial charge in [-0.3, -0.25) is 4.72 Å². The molecule has 2 aromatic carbocycles. The SMILES string of the molecule is Cc1ccc2c(NS(=O)(=O)N(C)CC(F)(F)F)c(F)ccc2c1Oc1ncccc1-c1ccnc(NC2CNCC(F)C2)n1. The van der Waals surface area contributed by atoms with Gasteiger partial charge in [-0.1, -0.05) is 12.1 Å². The summed E-state index contributed by atoms with van der Waals surface area (Å²) in [6, 6.07) is 10.2. The molecule has 4 aromatic rings. The fraction of sp³-hybridized carbons (Fsp3) is 0.321. The number of nitrogens with one attached hydrogen (secondary N) is 3. The van der Waals surface area contributed by atoms with Gasteiger partial charge in [-0.05, 0) is 42.8 Å². The first-order valence-corrected chi connectivity index (χ1v) is 14.8. The van der Waals surface area contributed by atoms with Crippen molar-refractivity contribution in [1.29, 1.82) is 0 Å². The summed E-state index contributed by atoms with van der Waals surface area (Å²) in [5.41, 5.74) is 0.953. The van der Waals surface area contributed by atoms with Crippen LogP contribution in [0, 0.1) is 12.7 Å². The molecule has 0 saturated carbocycles. The van der Waals surface area contributed by atoms with E-state index in [4.69, 9.17) is 4.74 Å². The van der Waals surface area contributed by atoms with Gasteiger partial charge in [-0.15, -0.1) is 0 Å². The van der Waals surface area contributed by atoms with E-state index in [2.05, 4.69) is 25.6 Å². The number of piperidine rings is 1. The normalized spacial score (nSPS) is 17.5. The van der Waals surface area contributed by atoms with Crippen molar-refractivity contribution in [3.05, 3.63) is 66.2 Å². The van der Waals surface area contributed by atoms with Crippen LogP contribution in [0.4, 0.5) is 33.6 Å². The zero-order valence-electron chi connectivity index (χ0n) is 23.5. The Morgan fingerprint density at radius 3 is 2.59 bits per heavy atom. The van der Waals surface area contributed by atoms with Crippen molar-refractivity contribution in [3.63, 3.8) is 0 Å². The second kappa shape index (κ2) is 12.5. The van der Waals surface area contributed by atoms with Crippen LogP contribution in [-0.2, 0) is 10.2 Å². The van der Waals surface area contributed by atoms with Gasteiger partial charge in [0, 0.05) is 55.8 Å². The molecule has 2 unspecified atom stereocenters. The van der Waals surface area contributed by atoms with Gasteiger partial charge in [0.25, 0.3) is 0 Å². The number of hydrogen-bond acceptors (Lipinski definition) is 8. The number of fused-ring (bicyclic) bond motifs is 1. The number of alkyl halides is 4. The Kier molecular flexibility index (Phi) is 8.85. The Bertz CT molecular complexity index is 1770. The van der Waals surface area contributed by atoms with Crippen LogP contribution >= 0.6 is 0 Å². The fourth-order valence-electron chi connectivity index (χ4n) is 4.77. The minimum absolute atomic E-state index is 0.0442. The summed E-state index contributed by atoms with van der Waals surface area (Å²) in [5.74, 6) is -0.390. The van der Waals surface area contributed by atoms with Gasteiger partial charge in [-0.25, -0.2) is 23.7 Å². The summed E-state index contributed by atoms with van der Waals surface area (Å²) in [4.78, 5) is 13.1. The average Bonchev–Trinajstić information content (AvgIpc) is 2.95. The monoisotopic (exact) mass is 637 g/mol. The van der Waals surface area contributed by atoms with Gasteiger partial charge in [-0.2, -0.15) is 25.9 Å². The first-order chi connectivity index (χ1) is 20.8. The first-order valence-electron chi connectivity index (χ1n) is 13.4. The number of aromatic nitrogens is 3. The van der Waals surface area contributed by atoms with Crippen LogP contribution < -0.4 is 20.1 Å². The maximum absolute atomic E-state index is 15.0. The molecular formula is C28H28F5N7O3S. The molecule has 2 atom stereocenters. The van der Waals surface area contributed by atoms with Gasteiger partial charge < -0.3 is 15.4 Å². The molecule has 2 aromatic heterocycles. The molecule has 0 radical (unpaired) electrons. The third-order valence-electron chi connectivity index (χ3n) is 6.87. The van der Waals surface area contributed by atoms with E-state index in [1.165, 1.54) is 24.5 Å². The number of halogens is 5. The van der Waals surface area contributed by atoms with Crippen LogP contribution in [0.2, 0.25) is 0 Å². The van der Waals surface area contributed by atoms with Crippen molar-refractivity contribution in [3.8, 4) is 22.9 Å². The molecule has 16 heteroatoms. The molecule has 1 aliphatic heterocycles. The van der Waals surface area contributed by atoms with Crippen LogP contribution in [0.3, 0.4) is 0 Å². The van der Waals surface area contributed by atoms with Crippen molar-refractivity contribution in [2.24, 2.45) is 0 Å². The summed E-state index contributed by atoms with van der Waals surface area (Å²) in [6.45, 7) is 0.786. The number of hydrogen-bond donors (Lipinski definition) is 3. The molecule has 5 rings (SSSR count). The number of benzene rings is 2. The van der Waals surface area contributed by atoms with Crippen LogP contribution in [0.5, 0.6) is 11.6 Å². The van der Waals surface area contributed by atoms with Gasteiger partial charge >= 0.3 is 16.4 Å². The zero-order chi connectivity index (χ0) is 31.6. The third kappa shape index (κ3) is 7.14. The highest BCUT2D eigenvalue weighted by molar-refractivity contribution is 7.90. The topological polar surface area (TPSA) is 121 Å². The van der Waals surface area contributed by atoms with Crippen LogP contribution in [-0.4, -0.2) is 72.7 Å². The second-order valence-electron chi connectivity index (χ2n) is 10.3. The summed E-state index contributed by atoms with van der Waals surface area (Å²) in [6.07, 6.45) is -2.46. The van der Waals surface area contributed by atoms with E-state index >= 15 is 0 Å². The molecule has 3 N–H and O–H groups in total. The molecule has 3 heterocycles. The summed E-state index contributed by atoms with van der Waals surface area (Å²) in [5, 5.41) is 6.46. The van der Waals surface area contributed by atoms with Crippen LogP contribution in [0.15, 0.2) is 54.9 Å². The lowest BCUT2D eigenvalue weighted by Crippen LogP contribution is -2.44. The second-order valence-corrected chi connectivity index (χ2v) is 12.0. The third-order valence-corrected chi connectivity index (χ3v) is 8.28. The quantitative estimate of drug-likeness (QED) is 0.215. The lowest BCUT2D eigenvalue weighted by Gasteiger charge is -2.26. The van der Waals surface area contributed by atoms with Crippen molar-refractivity contribution < 1.29 is 35.1 Å². The minimum Gasteiger partial charge on any atom is -0.437 e. The zero-order valence-corrected chi connectivity index (χ0v) is 24.3. The number of ether oxygens (including phenoxy) is 1. The summed E-state index contributed by atoms with van der Waals surface area (Å²) >= 11 is 0. The number of aryl methyl sites for hydroxylation is 1. The largest absolute Gasteiger partial charge is 0.437 e. The van der Waals surface area contributed by atoms with Gasteiger partial charge in [0.05, 0.1) is 16.9 Å². The average molecular weight is 638 g/mol. The molecule has 1 fully saturated rings. The van der Waals surface area contributed by atoms with E-state index < -0.39 is 40.6 Å². The molecule has 0 aliphatic carbocycles. The van der Waals surface area contributed by atoms with E-state index in [0.717, 1.165) is 13.1 Å². The molecule has 1 saturated heterocycles. The van der Waals surface area contributed by atoms with Crippen LogP contribution in [0.1, 0.15) is 12.0 Å². The molecular weight excluding hydrogens is 609 g/mol. The highest BCUT2D eigenvalue weighted by atomic mass is 32.2. The molecule has 0 amide bonds. The number of anilines is 2. The fourth-order valence-corrected chi connectivity index (χ4v) is 5.71. The van der Waals surface area contributed by atoms with Crippen molar-refractivity contribution in [2.45, 2.75) is 31.7 Å². The van der Waals surface area contributed by atoms with E-state index in [0.29, 0.717) is 29.8 Å². The molecule has 44 heavy (non-hydrogen) atoms. The van der Waals surface area contributed by atoms with Crippen molar-refractivity contribution in [1.82, 2.24) is 24.6 Å². The smallest absolute Gasteiger partial charge is 0.402 e. The van der Waals surface area contributed by atoms with Crippen molar-refractivity contribution >= 4 is 32.6 Å². The molecule has 0 bridgehead atoms. The number of nitrogens with zero attached hydrogens (tertiary/aromatic N) is 4. The standard InChI is InChI=1S/C28H28F5N7O3S/c1-16-5-6-19-20(7-8-22(30)24(19)39-44(41,42)40(2)15-28(31,32)33)25(16)43-26-21(4-3-10-35-26)23-9-11-36-27(38-23)37-18-12-17(29)13-34-14-18/h3-11,17-18,34,39H,12-15H2,1-2H3,(H,36,37,38). The van der Waals surface area contributed by atoms with Gasteiger partial charge in [0.1, 0.15) is 24.3 Å². The Labute approximate surface area is 249 Å². The maximum Gasteiger partial charge on any atom is 0.402 e. The molecule has 1 aliphatic rings. The highest BCUT2D eigenvalue weighted by Gasteiger charge is 2.34. The van der Waals surface area contributed by atoms with Gasteiger partial charge in [0.2, 0.25) is 11.8 Å². The lowest BCUT2D eigenvalue weighted by molar-refractivity contribution is -0.134. The Morgan fingerprint density at radius 2 is 1.84 bits per heavy atom. The molecule has 0 spiro atoms.